The standard InChI is InChI=1S/C38H54N4O5/c1-7-18-33(43)36(45)32(26-29-21-16-13-17-22-29)39-38(47)35(30(8-2)9-3)40-37(46)31(25-28-19-14-12-15-20-28)27-34(44)41(6)23-24-42(10-4)11-5/h1-3,12,14-15,19-20,29-33,35-36,43,45H,10-11,13,16-18,21-27H2,4-6H3,(H,39,47)(H,40,46). The lowest BCUT2D eigenvalue weighted by molar-refractivity contribution is -0.137. The van der Waals surface area contributed by atoms with Gasteiger partial charge in [0.1, 0.15) is 18.1 Å². The summed E-state index contributed by atoms with van der Waals surface area (Å²) in [5.74, 6) is 4.12. The Morgan fingerprint density at radius 1 is 0.936 bits per heavy atom. The predicted octanol–water partition coefficient (Wildman–Crippen LogP) is 2.60. The van der Waals surface area contributed by atoms with Gasteiger partial charge in [-0.05, 0) is 37.4 Å². The van der Waals surface area contributed by atoms with E-state index in [-0.39, 0.29) is 31.1 Å². The summed E-state index contributed by atoms with van der Waals surface area (Å²) in [4.78, 5) is 45.0. The molecule has 5 unspecified atom stereocenters. The van der Waals surface area contributed by atoms with Gasteiger partial charge in [0.25, 0.3) is 0 Å². The van der Waals surface area contributed by atoms with E-state index < -0.39 is 47.9 Å². The van der Waals surface area contributed by atoms with Gasteiger partial charge < -0.3 is 30.6 Å². The van der Waals surface area contributed by atoms with Gasteiger partial charge in [0.2, 0.25) is 17.7 Å². The zero-order chi connectivity index (χ0) is 34.8. The Bertz CT molecular complexity index is 1230. The minimum Gasteiger partial charge on any atom is -0.389 e. The average Bonchev–Trinajstić information content (AvgIpc) is 3.08. The van der Waals surface area contributed by atoms with E-state index in [2.05, 4.69) is 47.1 Å². The molecule has 1 aromatic carbocycles. The lowest BCUT2D eigenvalue weighted by atomic mass is 9.82. The third-order valence-corrected chi connectivity index (χ3v) is 9.23. The van der Waals surface area contributed by atoms with Crippen molar-refractivity contribution in [2.75, 3.05) is 33.2 Å². The fourth-order valence-corrected chi connectivity index (χ4v) is 6.14. The van der Waals surface area contributed by atoms with Crippen LogP contribution >= 0.6 is 0 Å². The molecule has 1 fully saturated rings. The third-order valence-electron chi connectivity index (χ3n) is 9.23. The minimum absolute atomic E-state index is 0.0815. The number of rotatable bonds is 19. The van der Waals surface area contributed by atoms with Crippen molar-refractivity contribution in [2.24, 2.45) is 17.8 Å². The van der Waals surface area contributed by atoms with E-state index in [1.54, 1.807) is 11.9 Å². The second-order valence-corrected chi connectivity index (χ2v) is 12.6. The van der Waals surface area contributed by atoms with Gasteiger partial charge in [-0.15, -0.1) is 25.2 Å². The van der Waals surface area contributed by atoms with Crippen molar-refractivity contribution >= 4 is 17.7 Å². The summed E-state index contributed by atoms with van der Waals surface area (Å²) < 4.78 is 0. The number of amides is 3. The number of carbonyl (C=O) groups excluding carboxylic acids is 3. The molecule has 0 aliphatic heterocycles. The first-order chi connectivity index (χ1) is 22.6. The molecule has 5 atom stereocenters. The fraction of sp³-hybridized carbons (Fsp3) is 0.605. The number of benzene rings is 1. The van der Waals surface area contributed by atoms with E-state index in [4.69, 9.17) is 19.3 Å². The summed E-state index contributed by atoms with van der Waals surface area (Å²) in [5, 5.41) is 27.2. The van der Waals surface area contributed by atoms with Crippen LogP contribution in [0.15, 0.2) is 30.3 Å². The van der Waals surface area contributed by atoms with E-state index in [0.29, 0.717) is 19.5 Å². The Morgan fingerprint density at radius 3 is 2.15 bits per heavy atom. The summed E-state index contributed by atoms with van der Waals surface area (Å²) in [6.45, 7) is 7.09. The molecule has 0 spiro atoms. The summed E-state index contributed by atoms with van der Waals surface area (Å²) in [6.07, 6.45) is 19.9. The van der Waals surface area contributed by atoms with Crippen LogP contribution in [-0.2, 0) is 20.8 Å². The van der Waals surface area contributed by atoms with E-state index in [1.807, 2.05) is 30.3 Å². The van der Waals surface area contributed by atoms with Crippen LogP contribution in [0.4, 0.5) is 0 Å². The molecule has 0 heterocycles. The molecule has 4 N–H and O–H groups in total. The molecule has 256 valence electrons. The van der Waals surface area contributed by atoms with Crippen LogP contribution in [0.1, 0.15) is 70.8 Å². The topological polar surface area (TPSA) is 122 Å². The third kappa shape index (κ3) is 13.1. The summed E-state index contributed by atoms with van der Waals surface area (Å²) in [5.41, 5.74) is 0.857. The van der Waals surface area contributed by atoms with Crippen molar-refractivity contribution in [2.45, 2.75) is 95.9 Å². The highest BCUT2D eigenvalue weighted by atomic mass is 16.3. The maximum atomic E-state index is 13.9. The highest BCUT2D eigenvalue weighted by Gasteiger charge is 2.36. The molecular formula is C38H54N4O5. The quantitative estimate of drug-likeness (QED) is 0.172. The molecule has 0 radical (unpaired) electrons. The van der Waals surface area contributed by atoms with E-state index in [0.717, 1.165) is 50.8 Å². The van der Waals surface area contributed by atoms with E-state index >= 15 is 0 Å². The minimum atomic E-state index is -1.34. The molecule has 2 rings (SSSR count). The Morgan fingerprint density at radius 2 is 1.57 bits per heavy atom. The van der Waals surface area contributed by atoms with Crippen LogP contribution in [0.3, 0.4) is 0 Å². The highest BCUT2D eigenvalue weighted by molar-refractivity contribution is 5.91. The predicted molar refractivity (Wildman–Crippen MR) is 185 cm³/mol. The van der Waals surface area contributed by atoms with Crippen molar-refractivity contribution in [1.29, 1.82) is 0 Å². The number of aliphatic hydroxyl groups excluding tert-OH is 2. The number of terminal acetylenes is 3. The zero-order valence-electron chi connectivity index (χ0n) is 28.4. The van der Waals surface area contributed by atoms with Crippen molar-refractivity contribution in [3.8, 4) is 37.0 Å². The number of aliphatic hydroxyl groups is 2. The van der Waals surface area contributed by atoms with Gasteiger partial charge in [0, 0.05) is 33.0 Å². The summed E-state index contributed by atoms with van der Waals surface area (Å²) in [7, 11) is 1.72. The van der Waals surface area contributed by atoms with Crippen molar-refractivity contribution in [3.05, 3.63) is 35.9 Å². The molecular weight excluding hydrogens is 592 g/mol. The molecule has 47 heavy (non-hydrogen) atoms. The number of hydrogen-bond acceptors (Lipinski definition) is 6. The smallest absolute Gasteiger partial charge is 0.245 e. The van der Waals surface area contributed by atoms with Gasteiger partial charge in [0.15, 0.2) is 0 Å². The van der Waals surface area contributed by atoms with Crippen molar-refractivity contribution in [3.63, 3.8) is 0 Å². The molecule has 1 aliphatic rings. The van der Waals surface area contributed by atoms with E-state index in [9.17, 15) is 24.6 Å². The number of carbonyl (C=O) groups is 3. The Hall–Kier alpha value is -3.81. The first kappa shape index (κ1) is 39.4. The SMILES string of the molecule is C#CCC(O)C(O)C(CC1CCCCC1)NC(=O)C(NC(=O)C(CC(=O)N(C)CCN(CC)CC)Cc1ccccc1)C(C#C)C#C. The lowest BCUT2D eigenvalue weighted by Crippen LogP contribution is -2.57. The maximum absolute atomic E-state index is 13.9. The molecule has 9 heteroatoms. The van der Waals surface area contributed by atoms with Gasteiger partial charge in [-0.3, -0.25) is 14.4 Å². The van der Waals surface area contributed by atoms with E-state index in [1.165, 1.54) is 0 Å². The van der Waals surface area contributed by atoms with Crippen LogP contribution in [-0.4, -0.2) is 95.3 Å². The number of likely N-dealkylation sites (N-methyl/N-ethyl adjacent to an activating group) is 2. The first-order valence-corrected chi connectivity index (χ1v) is 16.9. The normalized spacial score (nSPS) is 16.5. The van der Waals surface area contributed by atoms with Gasteiger partial charge >= 0.3 is 0 Å². The zero-order valence-corrected chi connectivity index (χ0v) is 28.4. The Balaban J connectivity index is 2.31. The van der Waals surface area contributed by atoms with Gasteiger partial charge in [0.05, 0.1) is 18.1 Å². The van der Waals surface area contributed by atoms with Crippen LogP contribution in [0, 0.1) is 54.8 Å². The highest BCUT2D eigenvalue weighted by Crippen LogP contribution is 2.29. The molecule has 1 aliphatic carbocycles. The monoisotopic (exact) mass is 646 g/mol. The molecule has 0 saturated heterocycles. The van der Waals surface area contributed by atoms with Crippen LogP contribution in [0.2, 0.25) is 0 Å². The van der Waals surface area contributed by atoms with Crippen molar-refractivity contribution in [1.82, 2.24) is 20.4 Å². The molecule has 1 saturated carbocycles. The molecule has 9 nitrogen and oxygen atoms in total. The second kappa shape index (κ2) is 21.1. The van der Waals surface area contributed by atoms with Crippen LogP contribution in [0.25, 0.3) is 0 Å². The van der Waals surface area contributed by atoms with Gasteiger partial charge in [-0.2, -0.15) is 0 Å². The average molecular weight is 647 g/mol. The Kier molecular flexibility index (Phi) is 17.7. The molecule has 0 aromatic heterocycles. The van der Waals surface area contributed by atoms with Gasteiger partial charge in [-0.25, -0.2) is 0 Å². The van der Waals surface area contributed by atoms with Crippen LogP contribution < -0.4 is 10.6 Å². The second-order valence-electron chi connectivity index (χ2n) is 12.6. The van der Waals surface area contributed by atoms with Crippen molar-refractivity contribution < 1.29 is 24.6 Å². The van der Waals surface area contributed by atoms with Crippen LogP contribution in [0.5, 0.6) is 0 Å². The number of hydrogen-bond donors (Lipinski definition) is 4. The number of nitrogens with zero attached hydrogens (tertiary/aromatic N) is 2. The first-order valence-electron chi connectivity index (χ1n) is 16.9. The molecule has 1 aromatic rings. The Labute approximate surface area is 282 Å². The molecule has 0 bridgehead atoms. The largest absolute Gasteiger partial charge is 0.389 e. The lowest BCUT2D eigenvalue weighted by Gasteiger charge is -2.33. The summed E-state index contributed by atoms with van der Waals surface area (Å²) >= 11 is 0. The molecule has 3 amide bonds. The number of nitrogens with one attached hydrogen (secondary N) is 2. The maximum Gasteiger partial charge on any atom is 0.245 e. The fourth-order valence-electron chi connectivity index (χ4n) is 6.14. The summed E-state index contributed by atoms with van der Waals surface area (Å²) in [6, 6.07) is 7.17. The van der Waals surface area contributed by atoms with Gasteiger partial charge in [-0.1, -0.05) is 88.1 Å².